The van der Waals surface area contributed by atoms with E-state index in [0.29, 0.717) is 30.3 Å². The van der Waals surface area contributed by atoms with Gasteiger partial charge in [0, 0.05) is 6.54 Å². The normalized spacial score (nSPS) is 11.1. The predicted molar refractivity (Wildman–Crippen MR) is 124 cm³/mol. The van der Waals surface area contributed by atoms with Gasteiger partial charge in [0.25, 0.3) is 5.56 Å². The molecule has 0 saturated heterocycles. The van der Waals surface area contributed by atoms with Gasteiger partial charge in [-0.25, -0.2) is 4.79 Å². The number of aromatic nitrogens is 1. The zero-order chi connectivity index (χ0) is 22.4. The van der Waals surface area contributed by atoms with Crippen molar-refractivity contribution in [2.45, 2.75) is 19.9 Å². The maximum Gasteiger partial charge on any atom is 0.335 e. The van der Waals surface area contributed by atoms with Gasteiger partial charge < -0.3 is 14.4 Å². The van der Waals surface area contributed by atoms with Crippen LogP contribution >= 0.6 is 23.2 Å². The van der Waals surface area contributed by atoms with Crippen LogP contribution in [0.4, 0.5) is 0 Å². The summed E-state index contributed by atoms with van der Waals surface area (Å²) in [6.45, 7) is 2.83. The Morgan fingerprint density at radius 3 is 2.48 bits per heavy atom. The van der Waals surface area contributed by atoms with E-state index in [9.17, 15) is 9.59 Å². The molecule has 160 valence electrons. The predicted octanol–water partition coefficient (Wildman–Crippen LogP) is 5.67. The van der Waals surface area contributed by atoms with E-state index in [1.165, 1.54) is 22.8 Å². The lowest BCUT2D eigenvalue weighted by atomic mass is 10.1. The number of hydrogen-bond donors (Lipinski definition) is 1. The molecule has 0 amide bonds. The molecule has 1 aromatic heterocycles. The first-order chi connectivity index (χ1) is 14.9. The maximum atomic E-state index is 12.7. The van der Waals surface area contributed by atoms with Crippen molar-refractivity contribution in [3.05, 3.63) is 97.4 Å². The van der Waals surface area contributed by atoms with Gasteiger partial charge in [-0.3, -0.25) is 4.79 Å². The van der Waals surface area contributed by atoms with Crippen LogP contribution in [0.1, 0.15) is 34.1 Å². The van der Waals surface area contributed by atoms with Gasteiger partial charge in [0.15, 0.2) is 0 Å². The Bertz CT molecular complexity index is 1170. The fourth-order valence-corrected chi connectivity index (χ4v) is 3.65. The molecule has 3 rings (SSSR count). The Morgan fingerprint density at radius 2 is 1.81 bits per heavy atom. The lowest BCUT2D eigenvalue weighted by molar-refractivity contribution is 0.0697. The summed E-state index contributed by atoms with van der Waals surface area (Å²) in [5.74, 6) is -0.223. The van der Waals surface area contributed by atoms with Gasteiger partial charge in [-0.1, -0.05) is 53.5 Å². The van der Waals surface area contributed by atoms with E-state index in [1.54, 1.807) is 18.2 Å². The van der Waals surface area contributed by atoms with Crippen LogP contribution in [0.15, 0.2) is 59.4 Å². The largest absolute Gasteiger partial charge is 0.494 e. The number of ether oxygens (including phenoxy) is 1. The number of carboxylic acids is 1. The highest BCUT2D eigenvalue weighted by atomic mass is 35.5. The first kappa shape index (κ1) is 22.7. The molecule has 31 heavy (non-hydrogen) atoms. The van der Waals surface area contributed by atoms with Crippen molar-refractivity contribution in [3.63, 3.8) is 0 Å². The molecular weight excluding hydrogens is 437 g/mol. The average molecular weight is 458 g/mol. The van der Waals surface area contributed by atoms with E-state index in [4.69, 9.17) is 33.0 Å². The van der Waals surface area contributed by atoms with Crippen molar-refractivity contribution < 1.29 is 14.6 Å². The van der Waals surface area contributed by atoms with Crippen LogP contribution in [0.25, 0.3) is 12.2 Å². The zero-order valence-corrected chi connectivity index (χ0v) is 18.4. The molecule has 2 aromatic carbocycles. The van der Waals surface area contributed by atoms with Crippen LogP contribution in [0, 0.1) is 0 Å². The standard InChI is InChI=1S/C24H21Cl2NO4/c1-2-31-19-5-3-4-17(14-19)8-11-22-20(25)15-21(26)23(28)27(22)13-12-16-6-9-18(10-7-16)24(29)30/h3-11,14-15H,2,12-13H2,1H3,(H,29,30)/b11-8+. The third kappa shape index (κ3) is 5.78. The van der Waals surface area contributed by atoms with E-state index in [-0.39, 0.29) is 16.1 Å². The third-order valence-corrected chi connectivity index (χ3v) is 5.24. The molecule has 1 heterocycles. The van der Waals surface area contributed by atoms with E-state index >= 15 is 0 Å². The van der Waals surface area contributed by atoms with Crippen LogP contribution in [0.3, 0.4) is 0 Å². The number of aryl methyl sites for hydroxylation is 1. The number of carboxylic acid groups (broad SMARTS) is 1. The van der Waals surface area contributed by atoms with Gasteiger partial charge in [-0.15, -0.1) is 0 Å². The molecule has 0 atom stereocenters. The number of aromatic carboxylic acids is 1. The molecule has 0 aliphatic carbocycles. The summed E-state index contributed by atoms with van der Waals surface area (Å²) in [5.41, 5.74) is 2.22. The zero-order valence-electron chi connectivity index (χ0n) is 16.8. The minimum absolute atomic E-state index is 0.0433. The molecule has 1 N–H and O–H groups in total. The molecule has 0 aliphatic rings. The topological polar surface area (TPSA) is 68.5 Å². The van der Waals surface area contributed by atoms with Gasteiger partial charge in [0.05, 0.1) is 22.9 Å². The van der Waals surface area contributed by atoms with Crippen LogP contribution in [0.5, 0.6) is 5.75 Å². The van der Waals surface area contributed by atoms with Gasteiger partial charge in [-0.2, -0.15) is 0 Å². The molecule has 0 radical (unpaired) electrons. The Morgan fingerprint density at radius 1 is 1.06 bits per heavy atom. The van der Waals surface area contributed by atoms with Crippen LogP contribution in [-0.4, -0.2) is 22.2 Å². The Balaban J connectivity index is 1.89. The van der Waals surface area contributed by atoms with E-state index in [2.05, 4.69) is 0 Å². The van der Waals surface area contributed by atoms with Crippen molar-refractivity contribution in [2.75, 3.05) is 6.61 Å². The van der Waals surface area contributed by atoms with Gasteiger partial charge in [0.1, 0.15) is 10.8 Å². The van der Waals surface area contributed by atoms with E-state index < -0.39 is 5.97 Å². The maximum absolute atomic E-state index is 12.7. The molecular formula is C24H21Cl2NO4. The smallest absolute Gasteiger partial charge is 0.335 e. The summed E-state index contributed by atoms with van der Waals surface area (Å²) in [6.07, 6.45) is 4.14. The summed E-state index contributed by atoms with van der Waals surface area (Å²) in [4.78, 5) is 23.7. The highest BCUT2D eigenvalue weighted by Gasteiger charge is 2.11. The Hall–Kier alpha value is -3.02. The summed E-state index contributed by atoms with van der Waals surface area (Å²) in [5, 5.41) is 9.43. The molecule has 5 nitrogen and oxygen atoms in total. The second-order valence-electron chi connectivity index (χ2n) is 6.77. The quantitative estimate of drug-likeness (QED) is 0.473. The number of pyridine rings is 1. The minimum Gasteiger partial charge on any atom is -0.494 e. The first-order valence-electron chi connectivity index (χ1n) is 9.71. The number of nitrogens with zero attached hydrogens (tertiary/aromatic N) is 1. The van der Waals surface area contributed by atoms with Crippen LogP contribution in [-0.2, 0) is 13.0 Å². The molecule has 0 fully saturated rings. The summed E-state index contributed by atoms with van der Waals surface area (Å²) < 4.78 is 7.05. The van der Waals surface area contributed by atoms with E-state index in [0.717, 1.165) is 16.9 Å². The number of carbonyl (C=O) groups is 1. The van der Waals surface area contributed by atoms with Crippen molar-refractivity contribution in [1.29, 1.82) is 0 Å². The van der Waals surface area contributed by atoms with Crippen LogP contribution < -0.4 is 10.3 Å². The second kappa shape index (κ2) is 10.3. The number of halogens is 2. The van der Waals surface area contributed by atoms with Gasteiger partial charge in [0.2, 0.25) is 0 Å². The average Bonchev–Trinajstić information content (AvgIpc) is 2.75. The third-order valence-electron chi connectivity index (χ3n) is 4.67. The summed E-state index contributed by atoms with van der Waals surface area (Å²) >= 11 is 12.5. The Labute approximate surface area is 190 Å². The first-order valence-corrected chi connectivity index (χ1v) is 10.5. The molecule has 3 aromatic rings. The highest BCUT2D eigenvalue weighted by Crippen LogP contribution is 2.22. The molecule has 0 spiro atoms. The molecule has 0 unspecified atom stereocenters. The monoisotopic (exact) mass is 457 g/mol. The number of hydrogen-bond acceptors (Lipinski definition) is 3. The molecule has 0 bridgehead atoms. The lowest BCUT2D eigenvalue weighted by Gasteiger charge is -2.13. The van der Waals surface area contributed by atoms with E-state index in [1.807, 2.05) is 37.3 Å². The second-order valence-corrected chi connectivity index (χ2v) is 7.59. The van der Waals surface area contributed by atoms with Crippen molar-refractivity contribution in [1.82, 2.24) is 4.57 Å². The molecule has 0 saturated carbocycles. The molecule has 0 aliphatic heterocycles. The highest BCUT2D eigenvalue weighted by molar-refractivity contribution is 6.35. The van der Waals surface area contributed by atoms with Crippen molar-refractivity contribution >= 4 is 41.3 Å². The van der Waals surface area contributed by atoms with Gasteiger partial charge >= 0.3 is 5.97 Å². The van der Waals surface area contributed by atoms with Crippen LogP contribution in [0.2, 0.25) is 10.0 Å². The lowest BCUT2D eigenvalue weighted by Crippen LogP contribution is -2.24. The molecule has 7 heteroatoms. The fourth-order valence-electron chi connectivity index (χ4n) is 3.11. The minimum atomic E-state index is -0.981. The van der Waals surface area contributed by atoms with Crippen molar-refractivity contribution in [2.24, 2.45) is 0 Å². The Kier molecular flexibility index (Phi) is 7.55. The summed E-state index contributed by atoms with van der Waals surface area (Å²) in [6, 6.07) is 15.6. The number of benzene rings is 2. The van der Waals surface area contributed by atoms with Crippen molar-refractivity contribution in [3.8, 4) is 5.75 Å². The SMILES string of the molecule is CCOc1cccc(/C=C/c2c(Cl)cc(Cl)c(=O)n2CCc2ccc(C(=O)O)cc2)c1. The van der Waals surface area contributed by atoms with Gasteiger partial charge in [-0.05, 0) is 60.9 Å². The fraction of sp³-hybridized carbons (Fsp3) is 0.167. The summed E-state index contributed by atoms with van der Waals surface area (Å²) in [7, 11) is 0. The number of rotatable bonds is 8.